The van der Waals surface area contributed by atoms with Gasteiger partial charge in [-0.25, -0.2) is 0 Å². The van der Waals surface area contributed by atoms with Crippen molar-refractivity contribution in [1.29, 1.82) is 0 Å². The highest BCUT2D eigenvalue weighted by atomic mass is 35.5. The van der Waals surface area contributed by atoms with Crippen LogP contribution in [0.4, 0.5) is 0 Å². The zero-order valence-corrected chi connectivity index (χ0v) is 9.55. The van der Waals surface area contributed by atoms with Gasteiger partial charge in [0.2, 0.25) is 0 Å². The van der Waals surface area contributed by atoms with Crippen molar-refractivity contribution >= 4 is 22.9 Å². The Balaban J connectivity index is 2.39. The summed E-state index contributed by atoms with van der Waals surface area (Å²) in [4.78, 5) is 1.14. The second-order valence-corrected chi connectivity index (χ2v) is 4.21. The monoisotopic (exact) mass is 236 g/mol. The lowest BCUT2D eigenvalue weighted by atomic mass is 10.3. The molecule has 0 bridgehead atoms. The molecule has 15 heavy (non-hydrogen) atoms. The van der Waals surface area contributed by atoms with Crippen molar-refractivity contribution in [2.24, 2.45) is 0 Å². The number of rotatable bonds is 3. The molecule has 0 aliphatic carbocycles. The van der Waals surface area contributed by atoms with Gasteiger partial charge in [0.1, 0.15) is 12.2 Å². The van der Waals surface area contributed by atoms with Crippen LogP contribution in [0.1, 0.15) is 5.69 Å². The zero-order valence-electron chi connectivity index (χ0n) is 7.98. The minimum atomic E-state index is 0.431. The van der Waals surface area contributed by atoms with E-state index in [0.29, 0.717) is 12.4 Å². The quantitative estimate of drug-likeness (QED) is 0.592. The Morgan fingerprint density at radius 3 is 3.07 bits per heavy atom. The van der Waals surface area contributed by atoms with Gasteiger partial charge in [0, 0.05) is 0 Å². The third kappa shape index (κ3) is 2.06. The number of halogens is 1. The number of aromatic nitrogens is 2. The maximum absolute atomic E-state index is 5.82. The summed E-state index contributed by atoms with van der Waals surface area (Å²) in [5, 5.41) is 6.44. The molecule has 0 radical (unpaired) electrons. The SMILES string of the molecule is C#CCn1nc(-c2cccs2)cc1CCl. The van der Waals surface area contributed by atoms with Crippen molar-refractivity contribution in [2.75, 3.05) is 0 Å². The third-order valence-corrected chi connectivity index (χ3v) is 3.18. The third-order valence-electron chi connectivity index (χ3n) is 2.01. The molecule has 0 aliphatic rings. The molecule has 0 saturated carbocycles. The van der Waals surface area contributed by atoms with E-state index in [1.807, 2.05) is 23.6 Å². The smallest absolute Gasteiger partial charge is 0.103 e. The minimum Gasteiger partial charge on any atom is -0.256 e. The van der Waals surface area contributed by atoms with Gasteiger partial charge in [0.25, 0.3) is 0 Å². The highest BCUT2D eigenvalue weighted by molar-refractivity contribution is 7.13. The largest absolute Gasteiger partial charge is 0.256 e. The van der Waals surface area contributed by atoms with E-state index in [-0.39, 0.29) is 0 Å². The van der Waals surface area contributed by atoms with Crippen LogP contribution in [0.3, 0.4) is 0 Å². The molecule has 2 aromatic rings. The molecule has 0 spiro atoms. The second kappa shape index (κ2) is 4.52. The molecule has 0 atom stereocenters. The predicted molar refractivity (Wildman–Crippen MR) is 63.9 cm³/mol. The van der Waals surface area contributed by atoms with Crippen LogP contribution in [0.2, 0.25) is 0 Å². The molecule has 2 heterocycles. The van der Waals surface area contributed by atoms with Crippen LogP contribution >= 0.6 is 22.9 Å². The van der Waals surface area contributed by atoms with Crippen molar-refractivity contribution in [3.8, 4) is 22.9 Å². The van der Waals surface area contributed by atoms with Crippen LogP contribution in [0, 0.1) is 12.3 Å². The first-order chi connectivity index (χ1) is 7.35. The molecule has 0 aromatic carbocycles. The van der Waals surface area contributed by atoms with Crippen LogP contribution < -0.4 is 0 Å². The maximum atomic E-state index is 5.82. The molecule has 0 saturated heterocycles. The maximum Gasteiger partial charge on any atom is 0.103 e. The molecule has 4 heteroatoms. The normalized spacial score (nSPS) is 10.1. The highest BCUT2D eigenvalue weighted by Crippen LogP contribution is 2.24. The fraction of sp³-hybridized carbons (Fsp3) is 0.182. The topological polar surface area (TPSA) is 17.8 Å². The van der Waals surface area contributed by atoms with Gasteiger partial charge in [-0.15, -0.1) is 29.4 Å². The molecular weight excluding hydrogens is 228 g/mol. The Bertz CT molecular complexity index is 479. The summed E-state index contributed by atoms with van der Waals surface area (Å²) in [6.07, 6.45) is 5.26. The fourth-order valence-electron chi connectivity index (χ4n) is 1.33. The van der Waals surface area contributed by atoms with Crippen molar-refractivity contribution in [3.05, 3.63) is 29.3 Å². The van der Waals surface area contributed by atoms with Gasteiger partial charge in [0.15, 0.2) is 0 Å². The Kier molecular flexibility index (Phi) is 3.10. The number of hydrogen-bond acceptors (Lipinski definition) is 2. The van der Waals surface area contributed by atoms with Gasteiger partial charge in [0.05, 0.1) is 16.5 Å². The standard InChI is InChI=1S/C11H9ClN2S/c1-2-5-14-9(8-12)7-10(13-14)11-4-3-6-15-11/h1,3-4,6-7H,5,8H2. The molecule has 0 aliphatic heterocycles. The van der Waals surface area contributed by atoms with E-state index in [2.05, 4.69) is 11.0 Å². The van der Waals surface area contributed by atoms with Crippen LogP contribution in [0.5, 0.6) is 0 Å². The van der Waals surface area contributed by atoms with Crippen molar-refractivity contribution in [1.82, 2.24) is 9.78 Å². The van der Waals surface area contributed by atoms with Gasteiger partial charge in [-0.2, -0.15) is 5.10 Å². The average Bonchev–Trinajstić information content (AvgIpc) is 2.84. The van der Waals surface area contributed by atoms with E-state index in [9.17, 15) is 0 Å². The van der Waals surface area contributed by atoms with E-state index in [4.69, 9.17) is 18.0 Å². The molecular formula is C11H9ClN2S. The van der Waals surface area contributed by atoms with Crippen LogP contribution in [0.15, 0.2) is 23.6 Å². The fourth-order valence-corrected chi connectivity index (χ4v) is 2.23. The lowest BCUT2D eigenvalue weighted by Crippen LogP contribution is -2.01. The Morgan fingerprint density at radius 2 is 2.47 bits per heavy atom. The van der Waals surface area contributed by atoms with Crippen molar-refractivity contribution in [2.45, 2.75) is 12.4 Å². The second-order valence-electron chi connectivity index (χ2n) is 2.99. The molecule has 2 nitrogen and oxygen atoms in total. The van der Waals surface area contributed by atoms with Gasteiger partial charge in [-0.1, -0.05) is 12.0 Å². The summed E-state index contributed by atoms with van der Waals surface area (Å²) in [6.45, 7) is 0.466. The molecule has 0 amide bonds. The number of alkyl halides is 1. The number of terminal acetylenes is 1. The lowest BCUT2D eigenvalue weighted by molar-refractivity contribution is 0.690. The van der Waals surface area contributed by atoms with Gasteiger partial charge in [-0.3, -0.25) is 4.68 Å². The number of thiophene rings is 1. The van der Waals surface area contributed by atoms with Crippen LogP contribution in [0.25, 0.3) is 10.6 Å². The molecule has 2 aromatic heterocycles. The van der Waals surface area contributed by atoms with Crippen LogP contribution in [-0.2, 0) is 12.4 Å². The van der Waals surface area contributed by atoms with Gasteiger partial charge in [-0.05, 0) is 17.5 Å². The highest BCUT2D eigenvalue weighted by Gasteiger charge is 2.08. The lowest BCUT2D eigenvalue weighted by Gasteiger charge is -1.97. The molecule has 0 fully saturated rings. The predicted octanol–water partition coefficient (Wildman–Crippen LogP) is 2.98. The average molecular weight is 237 g/mol. The Hall–Kier alpha value is -1.24. The first-order valence-electron chi connectivity index (χ1n) is 4.45. The van der Waals surface area contributed by atoms with Gasteiger partial charge >= 0.3 is 0 Å². The molecule has 2 rings (SSSR count). The summed E-state index contributed by atoms with van der Waals surface area (Å²) < 4.78 is 1.77. The van der Waals surface area contributed by atoms with Gasteiger partial charge < -0.3 is 0 Å². The number of nitrogens with zero attached hydrogens (tertiary/aromatic N) is 2. The summed E-state index contributed by atoms with van der Waals surface area (Å²) in [5.74, 6) is 2.99. The summed E-state index contributed by atoms with van der Waals surface area (Å²) >= 11 is 7.47. The Labute approximate surface area is 97.5 Å². The molecule has 0 unspecified atom stereocenters. The van der Waals surface area contributed by atoms with Crippen molar-refractivity contribution in [3.63, 3.8) is 0 Å². The molecule has 0 N–H and O–H groups in total. The first kappa shape index (κ1) is 10.3. The summed E-state index contributed by atoms with van der Waals surface area (Å²) in [5.41, 5.74) is 1.90. The zero-order chi connectivity index (χ0) is 10.7. The number of hydrogen-bond donors (Lipinski definition) is 0. The van der Waals surface area contributed by atoms with E-state index in [0.717, 1.165) is 16.3 Å². The van der Waals surface area contributed by atoms with E-state index in [1.165, 1.54) is 0 Å². The summed E-state index contributed by atoms with van der Waals surface area (Å²) in [7, 11) is 0. The Morgan fingerprint density at radius 1 is 1.60 bits per heavy atom. The molecule has 76 valence electrons. The van der Waals surface area contributed by atoms with Crippen molar-refractivity contribution < 1.29 is 0 Å². The van der Waals surface area contributed by atoms with E-state index in [1.54, 1.807) is 16.0 Å². The minimum absolute atomic E-state index is 0.431. The van der Waals surface area contributed by atoms with E-state index >= 15 is 0 Å². The van der Waals surface area contributed by atoms with E-state index < -0.39 is 0 Å². The van der Waals surface area contributed by atoms with Crippen LogP contribution in [-0.4, -0.2) is 9.78 Å². The first-order valence-corrected chi connectivity index (χ1v) is 5.86. The summed E-state index contributed by atoms with van der Waals surface area (Å²) in [6, 6.07) is 6.02.